The summed E-state index contributed by atoms with van der Waals surface area (Å²) in [5.74, 6) is 2.24. The average Bonchev–Trinajstić information content (AvgIpc) is 3.38. The van der Waals surface area contributed by atoms with Crippen molar-refractivity contribution >= 4 is 56.8 Å². The van der Waals surface area contributed by atoms with Crippen LogP contribution in [0.3, 0.4) is 0 Å². The smallest absolute Gasteiger partial charge is 0.255 e. The van der Waals surface area contributed by atoms with Gasteiger partial charge in [-0.25, -0.2) is 4.68 Å². The summed E-state index contributed by atoms with van der Waals surface area (Å²) in [7, 11) is 1.59. The predicted octanol–water partition coefficient (Wildman–Crippen LogP) is 8.02. The molecule has 2 heterocycles. The van der Waals surface area contributed by atoms with Gasteiger partial charge in [-0.2, -0.15) is 4.98 Å². The van der Waals surface area contributed by atoms with E-state index >= 15 is 0 Å². The zero-order chi connectivity index (χ0) is 29.8. The van der Waals surface area contributed by atoms with Crippen molar-refractivity contribution in [1.82, 2.24) is 14.8 Å². The number of thioether (sulfide) groups is 1. The SMILES string of the molecule is CCCSc1nc2n(n1)C(c1cc(Br)c(OCc3ccccc3Cl)c(OC)c1)C(C(=O)Nc1ccc(C)cc1)=C(C)N2. The Morgan fingerprint density at radius 1 is 1.17 bits per heavy atom. The molecule has 218 valence electrons. The second-order valence-corrected chi connectivity index (χ2v) is 12.1. The van der Waals surface area contributed by atoms with Crippen LogP contribution < -0.4 is 20.1 Å². The van der Waals surface area contributed by atoms with Gasteiger partial charge in [-0.3, -0.25) is 4.79 Å². The highest BCUT2D eigenvalue weighted by Gasteiger charge is 2.35. The van der Waals surface area contributed by atoms with E-state index < -0.39 is 6.04 Å². The summed E-state index contributed by atoms with van der Waals surface area (Å²) in [6, 6.07) is 18.5. The lowest BCUT2D eigenvalue weighted by Gasteiger charge is -2.29. The van der Waals surface area contributed by atoms with Crippen LogP contribution in [0.15, 0.2) is 81.6 Å². The molecule has 0 spiro atoms. The van der Waals surface area contributed by atoms with Crippen LogP contribution in [0, 0.1) is 6.92 Å². The normalized spacial score (nSPS) is 14.3. The van der Waals surface area contributed by atoms with E-state index in [1.807, 2.05) is 74.5 Å². The monoisotopic (exact) mass is 667 g/mol. The lowest BCUT2D eigenvalue weighted by molar-refractivity contribution is -0.113. The Labute approximate surface area is 263 Å². The van der Waals surface area contributed by atoms with Crippen LogP contribution in [0.2, 0.25) is 5.02 Å². The molecular weight excluding hydrogens is 638 g/mol. The Kier molecular flexibility index (Phi) is 9.45. The first-order chi connectivity index (χ1) is 20.3. The van der Waals surface area contributed by atoms with E-state index in [1.54, 1.807) is 23.6 Å². The summed E-state index contributed by atoms with van der Waals surface area (Å²) in [5, 5.41) is 12.4. The molecule has 0 aliphatic carbocycles. The fourth-order valence-corrected chi connectivity index (χ4v) is 6.07. The zero-order valence-corrected chi connectivity index (χ0v) is 26.9. The van der Waals surface area contributed by atoms with Gasteiger partial charge in [0.15, 0.2) is 11.5 Å². The first-order valence-electron chi connectivity index (χ1n) is 13.5. The van der Waals surface area contributed by atoms with Crippen molar-refractivity contribution in [3.05, 3.63) is 98.1 Å². The second kappa shape index (κ2) is 13.2. The molecule has 1 aliphatic rings. The van der Waals surface area contributed by atoms with Gasteiger partial charge in [-0.1, -0.05) is 66.2 Å². The number of nitrogens with one attached hydrogen (secondary N) is 2. The van der Waals surface area contributed by atoms with E-state index in [4.69, 9.17) is 31.2 Å². The summed E-state index contributed by atoms with van der Waals surface area (Å²) in [6.07, 6.45) is 0.993. The van der Waals surface area contributed by atoms with Gasteiger partial charge in [0.1, 0.15) is 12.6 Å². The first kappa shape index (κ1) is 30.0. The van der Waals surface area contributed by atoms with Crippen molar-refractivity contribution in [3.8, 4) is 11.5 Å². The quantitative estimate of drug-likeness (QED) is 0.166. The lowest BCUT2D eigenvalue weighted by Crippen LogP contribution is -2.31. The van der Waals surface area contributed by atoms with Gasteiger partial charge in [0.05, 0.1) is 17.2 Å². The number of halogens is 2. The number of carbonyl (C=O) groups excluding carboxylic acids is 1. The molecule has 0 fully saturated rings. The van der Waals surface area contributed by atoms with Gasteiger partial charge < -0.3 is 20.1 Å². The van der Waals surface area contributed by atoms with Crippen molar-refractivity contribution in [3.63, 3.8) is 0 Å². The molecule has 2 N–H and O–H groups in total. The molecule has 5 rings (SSSR count). The highest BCUT2D eigenvalue weighted by molar-refractivity contribution is 9.10. The maximum atomic E-state index is 13.9. The number of allylic oxidation sites excluding steroid dienone is 1. The maximum absolute atomic E-state index is 13.9. The average molecular weight is 669 g/mol. The van der Waals surface area contributed by atoms with E-state index in [-0.39, 0.29) is 12.5 Å². The molecule has 1 unspecified atom stereocenters. The third kappa shape index (κ3) is 6.45. The number of aromatic nitrogens is 3. The van der Waals surface area contributed by atoms with Crippen LogP contribution >= 0.6 is 39.3 Å². The first-order valence-corrected chi connectivity index (χ1v) is 15.6. The minimum Gasteiger partial charge on any atom is -0.493 e. The largest absolute Gasteiger partial charge is 0.493 e. The number of amides is 1. The number of aryl methyl sites for hydroxylation is 1. The molecule has 42 heavy (non-hydrogen) atoms. The van der Waals surface area contributed by atoms with Gasteiger partial charge in [-0.05, 0) is 72.1 Å². The van der Waals surface area contributed by atoms with Crippen LogP contribution in [-0.2, 0) is 11.4 Å². The molecule has 1 amide bonds. The van der Waals surface area contributed by atoms with Crippen molar-refractivity contribution in [2.75, 3.05) is 23.5 Å². The van der Waals surface area contributed by atoms with Gasteiger partial charge in [0.2, 0.25) is 11.1 Å². The summed E-state index contributed by atoms with van der Waals surface area (Å²) in [5.41, 5.74) is 4.64. The highest BCUT2D eigenvalue weighted by Crippen LogP contribution is 2.43. The summed E-state index contributed by atoms with van der Waals surface area (Å²) < 4.78 is 14.4. The standard InChI is InChI=1S/C31H31BrClN5O3S/c1-5-14-42-31-36-30-34-19(3)26(29(39)35-22-12-10-18(2)11-13-22)27(38(30)37-31)21-15-23(32)28(25(16-21)40-4)41-17-20-8-6-7-9-24(20)33/h6-13,15-16,27H,5,14,17H2,1-4H3,(H,35,39)(H,34,36,37). The van der Waals surface area contributed by atoms with Gasteiger partial charge >= 0.3 is 0 Å². The van der Waals surface area contributed by atoms with Crippen molar-refractivity contribution in [1.29, 1.82) is 0 Å². The lowest BCUT2D eigenvalue weighted by atomic mass is 9.94. The number of anilines is 2. The number of hydrogen-bond donors (Lipinski definition) is 2. The van der Waals surface area contributed by atoms with E-state index in [0.29, 0.717) is 49.1 Å². The Morgan fingerprint density at radius 3 is 2.64 bits per heavy atom. The van der Waals surface area contributed by atoms with E-state index in [1.165, 1.54) is 0 Å². The molecule has 0 saturated carbocycles. The zero-order valence-electron chi connectivity index (χ0n) is 23.7. The fraction of sp³-hybridized carbons (Fsp3) is 0.258. The Morgan fingerprint density at radius 2 is 1.93 bits per heavy atom. The molecule has 0 bridgehead atoms. The number of fused-ring (bicyclic) bond motifs is 1. The predicted molar refractivity (Wildman–Crippen MR) is 172 cm³/mol. The van der Waals surface area contributed by atoms with Crippen LogP contribution in [0.4, 0.5) is 11.6 Å². The van der Waals surface area contributed by atoms with Crippen molar-refractivity contribution in [2.24, 2.45) is 0 Å². The van der Waals surface area contributed by atoms with E-state index in [2.05, 4.69) is 33.5 Å². The third-order valence-electron chi connectivity index (χ3n) is 6.72. The third-order valence-corrected chi connectivity index (χ3v) is 8.72. The molecular formula is C31H31BrClN5O3S. The van der Waals surface area contributed by atoms with Crippen LogP contribution in [0.25, 0.3) is 0 Å². The van der Waals surface area contributed by atoms with Gasteiger partial charge in [-0.15, -0.1) is 5.10 Å². The molecule has 1 aromatic heterocycles. The summed E-state index contributed by atoms with van der Waals surface area (Å²) >= 11 is 11.6. The van der Waals surface area contributed by atoms with Crippen LogP contribution in [-0.4, -0.2) is 33.5 Å². The summed E-state index contributed by atoms with van der Waals surface area (Å²) in [6.45, 7) is 6.26. The van der Waals surface area contributed by atoms with E-state index in [0.717, 1.165) is 28.9 Å². The minimum absolute atomic E-state index is 0.244. The number of hydrogen-bond acceptors (Lipinski definition) is 7. The Hall–Kier alpha value is -3.47. The second-order valence-electron chi connectivity index (χ2n) is 9.81. The van der Waals surface area contributed by atoms with Crippen LogP contribution in [0.1, 0.15) is 43.0 Å². The number of methoxy groups -OCH3 is 1. The molecule has 4 aromatic rings. The van der Waals surface area contributed by atoms with Crippen LogP contribution in [0.5, 0.6) is 11.5 Å². The van der Waals surface area contributed by atoms with Crippen molar-refractivity contribution < 1.29 is 14.3 Å². The molecule has 11 heteroatoms. The molecule has 1 aliphatic heterocycles. The molecule has 8 nitrogen and oxygen atoms in total. The molecule has 1 atom stereocenters. The van der Waals surface area contributed by atoms with Gasteiger partial charge in [0, 0.05) is 27.7 Å². The van der Waals surface area contributed by atoms with Gasteiger partial charge in [0.25, 0.3) is 5.91 Å². The molecule has 0 saturated heterocycles. The number of benzene rings is 3. The Bertz CT molecular complexity index is 1640. The fourth-order valence-electron chi connectivity index (χ4n) is 4.63. The minimum atomic E-state index is -0.585. The highest BCUT2D eigenvalue weighted by atomic mass is 79.9. The topological polar surface area (TPSA) is 90.3 Å². The molecule has 0 radical (unpaired) electrons. The number of rotatable bonds is 10. The molecule has 3 aromatic carbocycles. The number of nitrogens with zero attached hydrogens (tertiary/aromatic N) is 3. The maximum Gasteiger partial charge on any atom is 0.255 e. The number of carbonyl (C=O) groups is 1. The van der Waals surface area contributed by atoms with Crippen molar-refractivity contribution in [2.45, 2.75) is 45.0 Å². The Balaban J connectivity index is 1.55. The van der Waals surface area contributed by atoms with E-state index in [9.17, 15) is 4.79 Å². The summed E-state index contributed by atoms with van der Waals surface area (Å²) in [4.78, 5) is 18.6. The number of ether oxygens (including phenoxy) is 2.